The van der Waals surface area contributed by atoms with Crippen LogP contribution in [0.5, 0.6) is 0 Å². The lowest BCUT2D eigenvalue weighted by atomic mass is 9.89. The zero-order valence-corrected chi connectivity index (χ0v) is 12.8. The molecule has 1 atom stereocenters. The molecule has 0 radical (unpaired) electrons. The van der Waals surface area contributed by atoms with Crippen molar-refractivity contribution in [3.8, 4) is 0 Å². The molecule has 0 N–H and O–H groups in total. The summed E-state index contributed by atoms with van der Waals surface area (Å²) < 4.78 is 0.0564. The molecule has 1 unspecified atom stereocenters. The van der Waals surface area contributed by atoms with Crippen molar-refractivity contribution in [2.45, 2.75) is 37.3 Å². The van der Waals surface area contributed by atoms with Gasteiger partial charge in [-0.25, -0.2) is 0 Å². The number of benzene rings is 1. The molecule has 0 saturated heterocycles. The Morgan fingerprint density at radius 1 is 1.05 bits per heavy atom. The number of aryl methyl sites for hydroxylation is 1. The topological polar surface area (TPSA) is 0 Å². The van der Waals surface area contributed by atoms with Gasteiger partial charge in [0.05, 0.1) is 0 Å². The van der Waals surface area contributed by atoms with Gasteiger partial charge in [0.2, 0.25) is 0 Å². The van der Waals surface area contributed by atoms with Crippen LogP contribution in [-0.2, 0) is 4.75 Å². The van der Waals surface area contributed by atoms with Gasteiger partial charge in [-0.3, -0.25) is 0 Å². The maximum atomic E-state index is 3.08. The van der Waals surface area contributed by atoms with E-state index >= 15 is 0 Å². The van der Waals surface area contributed by atoms with Gasteiger partial charge in [-0.2, -0.15) is 0 Å². The van der Waals surface area contributed by atoms with E-state index in [1.165, 1.54) is 16.0 Å². The number of thioether (sulfide) groups is 1. The Hall–Kier alpha value is -1.39. The first-order chi connectivity index (χ1) is 9.02. The number of rotatable bonds is 4. The SMILES string of the molecule is Cc1ccc(SC(C)(c2cc#ccc2)C(C)C)cc1. The predicted molar refractivity (Wildman–Crippen MR) is 83.3 cm³/mol. The third kappa shape index (κ3) is 3.14. The standard InChI is InChI=1S/C18H20S/c1-14(2)18(4,16-8-6-5-7-9-16)19-17-12-10-15(3)11-13-17/h6,8-14H,1-4H3. The van der Waals surface area contributed by atoms with Crippen molar-refractivity contribution in [2.24, 2.45) is 5.92 Å². The summed E-state index contributed by atoms with van der Waals surface area (Å²) in [7, 11) is 0. The van der Waals surface area contributed by atoms with E-state index in [0.29, 0.717) is 5.92 Å². The van der Waals surface area contributed by atoms with Gasteiger partial charge in [-0.05, 0) is 55.7 Å². The van der Waals surface area contributed by atoms with Gasteiger partial charge >= 0.3 is 0 Å². The van der Waals surface area contributed by atoms with Crippen molar-refractivity contribution in [3.05, 3.63) is 65.7 Å². The lowest BCUT2D eigenvalue weighted by Crippen LogP contribution is -2.24. The quantitative estimate of drug-likeness (QED) is 0.682. The molecule has 0 aromatic heterocycles. The van der Waals surface area contributed by atoms with Crippen LogP contribution in [0, 0.1) is 25.0 Å². The zero-order chi connectivity index (χ0) is 13.9. The summed E-state index contributed by atoms with van der Waals surface area (Å²) in [5, 5.41) is 0. The fourth-order valence-corrected chi connectivity index (χ4v) is 3.26. The Balaban J connectivity index is 2.33. The molecule has 98 valence electrons. The van der Waals surface area contributed by atoms with Crippen LogP contribution in [0.15, 0.2) is 47.4 Å². The van der Waals surface area contributed by atoms with Gasteiger partial charge in [-0.1, -0.05) is 43.7 Å². The van der Waals surface area contributed by atoms with E-state index < -0.39 is 0 Å². The molecule has 2 aromatic rings. The van der Waals surface area contributed by atoms with Gasteiger partial charge in [0.1, 0.15) is 0 Å². The Bertz CT molecular complexity index is 513. The minimum atomic E-state index is 0.0564. The number of hydrogen-bond donors (Lipinski definition) is 0. The van der Waals surface area contributed by atoms with Crippen molar-refractivity contribution in [1.82, 2.24) is 0 Å². The molecule has 19 heavy (non-hydrogen) atoms. The minimum absolute atomic E-state index is 0.0564. The van der Waals surface area contributed by atoms with Crippen LogP contribution in [0.1, 0.15) is 31.9 Å². The highest BCUT2D eigenvalue weighted by atomic mass is 32.2. The van der Waals surface area contributed by atoms with Crippen molar-refractivity contribution in [3.63, 3.8) is 0 Å². The zero-order valence-electron chi connectivity index (χ0n) is 12.0. The maximum absolute atomic E-state index is 3.08. The highest BCUT2D eigenvalue weighted by Gasteiger charge is 2.31. The summed E-state index contributed by atoms with van der Waals surface area (Å²) in [6, 6.07) is 21.0. The molecule has 0 aliphatic heterocycles. The predicted octanol–water partition coefficient (Wildman–Crippen LogP) is 5.26. The molecule has 0 spiro atoms. The molecular weight excluding hydrogens is 248 g/mol. The number of hydrogen-bond acceptors (Lipinski definition) is 1. The van der Waals surface area contributed by atoms with Crippen LogP contribution in [0.4, 0.5) is 0 Å². The van der Waals surface area contributed by atoms with Gasteiger partial charge in [0.15, 0.2) is 0 Å². The lowest BCUT2D eigenvalue weighted by Gasteiger charge is -2.33. The Morgan fingerprint density at radius 3 is 2.26 bits per heavy atom. The van der Waals surface area contributed by atoms with Gasteiger partial charge in [0, 0.05) is 9.64 Å². The van der Waals surface area contributed by atoms with E-state index in [9.17, 15) is 0 Å². The molecule has 1 heteroatoms. The van der Waals surface area contributed by atoms with Crippen LogP contribution >= 0.6 is 11.8 Å². The first-order valence-corrected chi connectivity index (χ1v) is 7.48. The van der Waals surface area contributed by atoms with Crippen LogP contribution in [0.2, 0.25) is 0 Å². The summed E-state index contributed by atoms with van der Waals surface area (Å²) in [5.41, 5.74) is 2.62. The normalized spacial score (nSPS) is 13.9. The van der Waals surface area contributed by atoms with Gasteiger partial charge in [0.25, 0.3) is 0 Å². The first-order valence-electron chi connectivity index (χ1n) is 6.66. The molecule has 0 aliphatic carbocycles. The molecule has 2 rings (SSSR count). The smallest absolute Gasteiger partial charge is 0.0456 e. The Kier molecular flexibility index (Phi) is 4.22. The molecule has 0 nitrogen and oxygen atoms in total. The van der Waals surface area contributed by atoms with E-state index in [4.69, 9.17) is 0 Å². The molecule has 0 heterocycles. The second-order valence-electron chi connectivity index (χ2n) is 5.40. The molecule has 0 amide bonds. The molecule has 0 bridgehead atoms. The monoisotopic (exact) mass is 268 g/mol. The van der Waals surface area contributed by atoms with Gasteiger partial charge in [-0.15, -0.1) is 11.8 Å². The van der Waals surface area contributed by atoms with Gasteiger partial charge < -0.3 is 0 Å². The van der Waals surface area contributed by atoms with E-state index in [0.717, 1.165) is 0 Å². The third-order valence-corrected chi connectivity index (χ3v) is 5.32. The summed E-state index contributed by atoms with van der Waals surface area (Å²) in [5.74, 6) is 0.537. The first kappa shape index (κ1) is 14.0. The summed E-state index contributed by atoms with van der Waals surface area (Å²) in [6.45, 7) is 8.99. The van der Waals surface area contributed by atoms with Crippen LogP contribution in [0.25, 0.3) is 0 Å². The summed E-state index contributed by atoms with van der Waals surface area (Å²) >= 11 is 1.93. The third-order valence-electron chi connectivity index (χ3n) is 3.68. The van der Waals surface area contributed by atoms with E-state index in [2.05, 4.69) is 76.2 Å². The lowest BCUT2D eigenvalue weighted by molar-refractivity contribution is 0.486. The van der Waals surface area contributed by atoms with Crippen LogP contribution < -0.4 is 0 Å². The summed E-state index contributed by atoms with van der Waals surface area (Å²) in [4.78, 5) is 1.31. The minimum Gasteiger partial charge on any atom is -0.115 e. The average Bonchev–Trinajstić information content (AvgIpc) is 2.42. The van der Waals surface area contributed by atoms with E-state index in [1.54, 1.807) is 0 Å². The molecular formula is C18H20S. The van der Waals surface area contributed by atoms with Crippen molar-refractivity contribution >= 4 is 11.8 Å². The van der Waals surface area contributed by atoms with Crippen LogP contribution in [-0.4, -0.2) is 0 Å². The van der Waals surface area contributed by atoms with Crippen molar-refractivity contribution in [1.29, 1.82) is 0 Å². The molecule has 0 aliphatic rings. The highest BCUT2D eigenvalue weighted by molar-refractivity contribution is 8.00. The Morgan fingerprint density at radius 2 is 1.74 bits per heavy atom. The maximum Gasteiger partial charge on any atom is 0.0456 e. The molecule has 0 saturated carbocycles. The second-order valence-corrected chi connectivity index (χ2v) is 6.92. The van der Waals surface area contributed by atoms with Crippen LogP contribution in [0.3, 0.4) is 0 Å². The summed E-state index contributed by atoms with van der Waals surface area (Å²) in [6.07, 6.45) is 0. The fraction of sp³-hybridized carbons (Fsp3) is 0.333. The largest absolute Gasteiger partial charge is 0.115 e. The molecule has 2 aromatic carbocycles. The molecule has 0 fully saturated rings. The Labute approximate surface area is 121 Å². The van der Waals surface area contributed by atoms with Crippen molar-refractivity contribution < 1.29 is 0 Å². The van der Waals surface area contributed by atoms with E-state index in [-0.39, 0.29) is 4.75 Å². The highest BCUT2D eigenvalue weighted by Crippen LogP contribution is 2.46. The second kappa shape index (κ2) is 5.72. The van der Waals surface area contributed by atoms with Crippen molar-refractivity contribution in [2.75, 3.05) is 0 Å². The average molecular weight is 268 g/mol. The fourth-order valence-electron chi connectivity index (χ4n) is 2.02. The van der Waals surface area contributed by atoms with E-state index in [1.807, 2.05) is 17.8 Å².